The van der Waals surface area contributed by atoms with Gasteiger partial charge in [0.1, 0.15) is 0 Å². The van der Waals surface area contributed by atoms with Crippen LogP contribution in [0.1, 0.15) is 47.8 Å². The molecule has 3 rings (SSSR count). The molecule has 0 aliphatic carbocycles. The third-order valence-corrected chi connectivity index (χ3v) is 4.84. The highest BCUT2D eigenvalue weighted by molar-refractivity contribution is 5.95. The van der Waals surface area contributed by atoms with Crippen molar-refractivity contribution in [1.29, 1.82) is 0 Å². The van der Waals surface area contributed by atoms with Gasteiger partial charge in [-0.15, -0.1) is 0 Å². The first-order valence-corrected chi connectivity index (χ1v) is 10.0. The van der Waals surface area contributed by atoms with Crippen molar-refractivity contribution in [2.24, 2.45) is 0 Å². The lowest BCUT2D eigenvalue weighted by Gasteiger charge is -2.13. The van der Waals surface area contributed by atoms with Gasteiger partial charge in [-0.1, -0.05) is 32.0 Å². The number of hydrogen-bond donors (Lipinski definition) is 1. The lowest BCUT2D eigenvalue weighted by molar-refractivity contribution is 0.0952. The number of rotatable bonds is 8. The summed E-state index contributed by atoms with van der Waals surface area (Å²) in [4.78, 5) is 19.2. The molecule has 2 heterocycles. The standard InChI is InChI=1S/C23H29N5O/c1-17(2)22-20(16-26-28(22)21-9-5-6-14-24-21)23(29)25-15-7-8-18-10-12-19(13-11-18)27(3)4/h5-6,9-14,16-17H,7-8,15H2,1-4H3,(H,25,29). The summed E-state index contributed by atoms with van der Waals surface area (Å²) in [5, 5.41) is 7.45. The lowest BCUT2D eigenvalue weighted by Crippen LogP contribution is -2.26. The fraction of sp³-hybridized carbons (Fsp3) is 0.348. The summed E-state index contributed by atoms with van der Waals surface area (Å²) in [5.74, 6) is 0.783. The summed E-state index contributed by atoms with van der Waals surface area (Å²) in [6, 6.07) is 14.2. The third-order valence-electron chi connectivity index (χ3n) is 4.84. The molecular formula is C23H29N5O. The van der Waals surface area contributed by atoms with Crippen molar-refractivity contribution in [2.45, 2.75) is 32.6 Å². The van der Waals surface area contributed by atoms with E-state index in [4.69, 9.17) is 0 Å². The van der Waals surface area contributed by atoms with E-state index in [1.54, 1.807) is 17.1 Å². The van der Waals surface area contributed by atoms with E-state index in [2.05, 4.69) is 58.4 Å². The van der Waals surface area contributed by atoms with Gasteiger partial charge in [-0.05, 0) is 48.6 Å². The number of carbonyl (C=O) groups excluding carboxylic acids is 1. The Morgan fingerprint density at radius 2 is 1.90 bits per heavy atom. The summed E-state index contributed by atoms with van der Waals surface area (Å²) < 4.78 is 1.76. The number of nitrogens with zero attached hydrogens (tertiary/aromatic N) is 4. The molecule has 0 unspecified atom stereocenters. The van der Waals surface area contributed by atoms with Crippen molar-refractivity contribution in [2.75, 3.05) is 25.5 Å². The van der Waals surface area contributed by atoms with Crippen molar-refractivity contribution in [3.8, 4) is 5.82 Å². The lowest BCUT2D eigenvalue weighted by atomic mass is 10.1. The second-order valence-electron chi connectivity index (χ2n) is 7.62. The summed E-state index contributed by atoms with van der Waals surface area (Å²) >= 11 is 0. The summed E-state index contributed by atoms with van der Waals surface area (Å²) in [7, 11) is 4.07. The van der Waals surface area contributed by atoms with Crippen LogP contribution in [0.2, 0.25) is 0 Å². The van der Waals surface area contributed by atoms with Crippen molar-refractivity contribution in [3.05, 3.63) is 71.7 Å². The minimum Gasteiger partial charge on any atom is -0.378 e. The van der Waals surface area contributed by atoms with Crippen LogP contribution >= 0.6 is 0 Å². The minimum atomic E-state index is -0.0844. The van der Waals surface area contributed by atoms with E-state index in [0.29, 0.717) is 12.1 Å². The first kappa shape index (κ1) is 20.6. The molecule has 1 aromatic carbocycles. The number of benzene rings is 1. The Morgan fingerprint density at radius 1 is 1.14 bits per heavy atom. The molecule has 0 atom stereocenters. The quantitative estimate of drug-likeness (QED) is 0.593. The Bertz CT molecular complexity index is 930. The Morgan fingerprint density at radius 3 is 2.52 bits per heavy atom. The molecule has 0 aliphatic heterocycles. The number of amides is 1. The van der Waals surface area contributed by atoms with Crippen LogP contribution in [0.4, 0.5) is 5.69 Å². The maximum Gasteiger partial charge on any atom is 0.254 e. The molecule has 6 heteroatoms. The maximum atomic E-state index is 12.8. The maximum absolute atomic E-state index is 12.8. The summed E-state index contributed by atoms with van der Waals surface area (Å²) in [6.45, 7) is 4.75. The van der Waals surface area contributed by atoms with Gasteiger partial charge < -0.3 is 10.2 Å². The van der Waals surface area contributed by atoms with Crippen LogP contribution < -0.4 is 10.2 Å². The number of nitrogens with one attached hydrogen (secondary N) is 1. The molecule has 3 aromatic rings. The van der Waals surface area contributed by atoms with Crippen LogP contribution in [-0.4, -0.2) is 41.3 Å². The van der Waals surface area contributed by atoms with Gasteiger partial charge in [0.25, 0.3) is 5.91 Å². The van der Waals surface area contributed by atoms with Gasteiger partial charge in [-0.3, -0.25) is 4.79 Å². The summed E-state index contributed by atoms with van der Waals surface area (Å²) in [5.41, 5.74) is 3.95. The van der Waals surface area contributed by atoms with E-state index in [1.807, 2.05) is 32.3 Å². The van der Waals surface area contributed by atoms with E-state index in [1.165, 1.54) is 11.3 Å². The van der Waals surface area contributed by atoms with E-state index in [9.17, 15) is 4.79 Å². The number of anilines is 1. The Hall–Kier alpha value is -3.15. The molecule has 0 spiro atoms. The van der Waals surface area contributed by atoms with Gasteiger partial charge in [0.2, 0.25) is 0 Å². The number of aromatic nitrogens is 3. The number of pyridine rings is 1. The fourth-order valence-electron chi connectivity index (χ4n) is 3.30. The van der Waals surface area contributed by atoms with E-state index >= 15 is 0 Å². The SMILES string of the molecule is CC(C)c1c(C(=O)NCCCc2ccc(N(C)C)cc2)cnn1-c1ccccn1. The minimum absolute atomic E-state index is 0.0844. The van der Waals surface area contributed by atoms with Crippen LogP contribution in [0.25, 0.3) is 5.82 Å². The Balaban J connectivity index is 1.60. The van der Waals surface area contributed by atoms with Gasteiger partial charge in [0.15, 0.2) is 5.82 Å². The predicted octanol–water partition coefficient (Wildman–Crippen LogP) is 3.82. The van der Waals surface area contributed by atoms with E-state index in [0.717, 1.165) is 24.4 Å². The molecule has 0 fully saturated rings. The van der Waals surface area contributed by atoms with Gasteiger partial charge in [0.05, 0.1) is 17.5 Å². The average molecular weight is 392 g/mol. The van der Waals surface area contributed by atoms with Crippen molar-refractivity contribution >= 4 is 11.6 Å². The molecule has 2 aromatic heterocycles. The molecule has 6 nitrogen and oxygen atoms in total. The smallest absolute Gasteiger partial charge is 0.254 e. The van der Waals surface area contributed by atoms with Crippen LogP contribution in [0.5, 0.6) is 0 Å². The molecule has 29 heavy (non-hydrogen) atoms. The molecule has 1 N–H and O–H groups in total. The molecule has 0 bridgehead atoms. The Labute approximate surface area is 172 Å². The van der Waals surface area contributed by atoms with Gasteiger partial charge in [-0.25, -0.2) is 9.67 Å². The predicted molar refractivity (Wildman–Crippen MR) is 117 cm³/mol. The third kappa shape index (κ3) is 5.02. The first-order chi connectivity index (χ1) is 14.0. The van der Waals surface area contributed by atoms with Crippen LogP contribution in [-0.2, 0) is 6.42 Å². The van der Waals surface area contributed by atoms with Crippen molar-refractivity contribution in [3.63, 3.8) is 0 Å². The average Bonchev–Trinajstić information content (AvgIpc) is 3.18. The van der Waals surface area contributed by atoms with Gasteiger partial charge >= 0.3 is 0 Å². The number of aryl methyl sites for hydroxylation is 1. The molecule has 0 aliphatic rings. The van der Waals surface area contributed by atoms with Gasteiger partial charge in [-0.2, -0.15) is 5.10 Å². The monoisotopic (exact) mass is 391 g/mol. The highest BCUT2D eigenvalue weighted by Gasteiger charge is 2.21. The second-order valence-corrected chi connectivity index (χ2v) is 7.62. The zero-order valence-electron chi connectivity index (χ0n) is 17.6. The molecule has 1 amide bonds. The molecular weight excluding hydrogens is 362 g/mol. The highest BCUT2D eigenvalue weighted by Crippen LogP contribution is 2.22. The largest absolute Gasteiger partial charge is 0.378 e. The highest BCUT2D eigenvalue weighted by atomic mass is 16.1. The van der Waals surface area contributed by atoms with Crippen molar-refractivity contribution in [1.82, 2.24) is 20.1 Å². The topological polar surface area (TPSA) is 63.1 Å². The molecule has 0 saturated carbocycles. The zero-order chi connectivity index (χ0) is 20.8. The molecule has 0 saturated heterocycles. The van der Waals surface area contributed by atoms with Crippen LogP contribution in [0, 0.1) is 0 Å². The first-order valence-electron chi connectivity index (χ1n) is 10.0. The van der Waals surface area contributed by atoms with Crippen LogP contribution in [0.15, 0.2) is 54.9 Å². The van der Waals surface area contributed by atoms with Crippen molar-refractivity contribution < 1.29 is 4.79 Å². The van der Waals surface area contributed by atoms with Crippen LogP contribution in [0.3, 0.4) is 0 Å². The molecule has 152 valence electrons. The normalized spacial score (nSPS) is 10.9. The van der Waals surface area contributed by atoms with E-state index in [-0.39, 0.29) is 11.8 Å². The molecule has 0 radical (unpaired) electrons. The summed E-state index contributed by atoms with van der Waals surface area (Å²) in [6.07, 6.45) is 5.18. The number of carbonyl (C=O) groups is 1. The fourth-order valence-corrected chi connectivity index (χ4v) is 3.30. The Kier molecular flexibility index (Phi) is 6.65. The van der Waals surface area contributed by atoms with E-state index < -0.39 is 0 Å². The van der Waals surface area contributed by atoms with Gasteiger partial charge in [0, 0.05) is 32.5 Å². The number of hydrogen-bond acceptors (Lipinski definition) is 4. The zero-order valence-corrected chi connectivity index (χ0v) is 17.6. The second kappa shape index (κ2) is 9.37.